The fraction of sp³-hybridized carbons (Fsp3) is 0.0455. The number of hydrogen-bond acceptors (Lipinski definition) is 4. The molecule has 0 saturated carbocycles. The maximum atomic E-state index is 14.4. The van der Waals surface area contributed by atoms with Crippen LogP contribution in [-0.2, 0) is 4.79 Å². The Bertz CT molecular complexity index is 1280. The average molecular weight is 458 g/mol. The number of halogens is 4. The molecule has 0 aliphatic carbocycles. The minimum Gasteiger partial charge on any atom is -0.323 e. The highest BCUT2D eigenvalue weighted by Crippen LogP contribution is 2.29. The molecule has 0 fully saturated rings. The topological polar surface area (TPSA) is 59.8 Å². The highest BCUT2D eigenvalue weighted by atomic mass is 32.2. The lowest BCUT2D eigenvalue weighted by molar-refractivity contribution is -0.113. The molecular weight excluding hydrogens is 444 g/mol. The number of thioether (sulfide) groups is 1. The van der Waals surface area contributed by atoms with Gasteiger partial charge in [-0.1, -0.05) is 42.1 Å². The number of aromatic nitrogens is 3. The van der Waals surface area contributed by atoms with E-state index in [9.17, 15) is 22.4 Å². The van der Waals surface area contributed by atoms with E-state index in [-0.39, 0.29) is 22.3 Å². The predicted molar refractivity (Wildman–Crippen MR) is 112 cm³/mol. The van der Waals surface area contributed by atoms with Crippen molar-refractivity contribution in [3.05, 3.63) is 90.0 Å². The zero-order valence-electron chi connectivity index (χ0n) is 16.2. The number of benzene rings is 3. The van der Waals surface area contributed by atoms with Crippen molar-refractivity contribution in [1.29, 1.82) is 0 Å². The van der Waals surface area contributed by atoms with E-state index < -0.39 is 34.9 Å². The number of rotatable bonds is 6. The summed E-state index contributed by atoms with van der Waals surface area (Å²) in [6.45, 7) is 0. The molecule has 10 heteroatoms. The summed E-state index contributed by atoms with van der Waals surface area (Å²) >= 11 is 0.968. The van der Waals surface area contributed by atoms with Gasteiger partial charge in [-0.25, -0.2) is 17.6 Å². The number of anilines is 1. The van der Waals surface area contributed by atoms with Crippen LogP contribution in [0.25, 0.3) is 17.1 Å². The Balaban J connectivity index is 1.60. The largest absolute Gasteiger partial charge is 0.323 e. The Morgan fingerprint density at radius 3 is 2.31 bits per heavy atom. The van der Waals surface area contributed by atoms with Crippen molar-refractivity contribution in [1.82, 2.24) is 14.8 Å². The number of carbonyl (C=O) groups is 1. The first-order valence-electron chi connectivity index (χ1n) is 9.27. The molecule has 1 amide bonds. The first-order chi connectivity index (χ1) is 15.5. The van der Waals surface area contributed by atoms with Gasteiger partial charge in [0.1, 0.15) is 5.82 Å². The molecule has 5 nitrogen and oxygen atoms in total. The van der Waals surface area contributed by atoms with Crippen LogP contribution in [0, 0.1) is 23.3 Å². The van der Waals surface area contributed by atoms with Gasteiger partial charge in [-0.15, -0.1) is 10.2 Å². The van der Waals surface area contributed by atoms with Crippen LogP contribution in [0.15, 0.2) is 71.9 Å². The molecule has 3 aromatic carbocycles. The minimum atomic E-state index is -1.67. The lowest BCUT2D eigenvalue weighted by Gasteiger charge is -2.11. The Labute approximate surface area is 184 Å². The van der Waals surface area contributed by atoms with Crippen molar-refractivity contribution in [2.75, 3.05) is 11.1 Å². The van der Waals surface area contributed by atoms with Crippen molar-refractivity contribution in [3.8, 4) is 17.1 Å². The smallest absolute Gasteiger partial charge is 0.234 e. The van der Waals surface area contributed by atoms with Gasteiger partial charge in [0, 0.05) is 5.69 Å². The van der Waals surface area contributed by atoms with E-state index in [1.807, 2.05) is 6.07 Å². The van der Waals surface area contributed by atoms with Gasteiger partial charge in [0.25, 0.3) is 0 Å². The highest BCUT2D eigenvalue weighted by molar-refractivity contribution is 7.99. The van der Waals surface area contributed by atoms with Gasteiger partial charge >= 0.3 is 0 Å². The van der Waals surface area contributed by atoms with Crippen LogP contribution >= 0.6 is 11.8 Å². The summed E-state index contributed by atoms with van der Waals surface area (Å²) in [5.74, 6) is -5.67. The SMILES string of the molecule is O=C(CSc1nnc(-c2ccccc2F)n1-c1ccccc1)Nc1ccc(F)c(F)c1F. The number of hydrogen-bond donors (Lipinski definition) is 1. The van der Waals surface area contributed by atoms with E-state index in [4.69, 9.17) is 0 Å². The number of para-hydroxylation sites is 1. The third kappa shape index (κ3) is 4.35. The summed E-state index contributed by atoms with van der Waals surface area (Å²) in [5, 5.41) is 10.7. The molecule has 1 aromatic heterocycles. The van der Waals surface area contributed by atoms with Crippen LogP contribution in [0.2, 0.25) is 0 Å². The fourth-order valence-corrected chi connectivity index (χ4v) is 3.68. The monoisotopic (exact) mass is 458 g/mol. The quantitative estimate of drug-likeness (QED) is 0.245. The maximum absolute atomic E-state index is 14.4. The summed E-state index contributed by atoms with van der Waals surface area (Å²) in [5.41, 5.74) is 0.389. The van der Waals surface area contributed by atoms with Crippen LogP contribution in [0.4, 0.5) is 23.2 Å². The molecule has 0 saturated heterocycles. The van der Waals surface area contributed by atoms with Crippen molar-refractivity contribution < 1.29 is 22.4 Å². The minimum absolute atomic E-state index is 0.226. The molecule has 0 bridgehead atoms. The first kappa shape index (κ1) is 21.6. The molecule has 0 aliphatic rings. The first-order valence-corrected chi connectivity index (χ1v) is 10.3. The van der Waals surface area contributed by atoms with E-state index in [1.54, 1.807) is 47.0 Å². The fourth-order valence-electron chi connectivity index (χ4n) is 2.93. The number of nitrogens with one attached hydrogen (secondary N) is 1. The summed E-state index contributed by atoms with van der Waals surface area (Å²) in [7, 11) is 0. The number of amides is 1. The van der Waals surface area contributed by atoms with Crippen LogP contribution in [0.1, 0.15) is 0 Å². The van der Waals surface area contributed by atoms with Crippen LogP contribution in [-0.4, -0.2) is 26.4 Å². The molecule has 0 spiro atoms. The second-order valence-corrected chi connectivity index (χ2v) is 7.46. The standard InChI is InChI=1S/C22H14F4N4OS/c23-15-9-5-4-8-14(15)21-28-29-22(30(21)13-6-2-1-3-7-13)32-12-18(31)27-17-11-10-16(24)19(25)20(17)26/h1-11H,12H2,(H,27,31). The number of carbonyl (C=O) groups excluding carboxylic acids is 1. The molecule has 162 valence electrons. The zero-order valence-corrected chi connectivity index (χ0v) is 17.0. The van der Waals surface area contributed by atoms with Crippen molar-refractivity contribution in [3.63, 3.8) is 0 Å². The van der Waals surface area contributed by atoms with Crippen molar-refractivity contribution >= 4 is 23.4 Å². The Morgan fingerprint density at radius 1 is 0.844 bits per heavy atom. The molecule has 0 atom stereocenters. The van der Waals surface area contributed by atoms with Crippen LogP contribution in [0.5, 0.6) is 0 Å². The van der Waals surface area contributed by atoms with Gasteiger partial charge in [-0.05, 0) is 36.4 Å². The molecule has 32 heavy (non-hydrogen) atoms. The molecular formula is C22H14F4N4OS. The molecule has 0 unspecified atom stereocenters. The van der Waals surface area contributed by atoms with E-state index in [0.29, 0.717) is 11.8 Å². The summed E-state index contributed by atoms with van der Waals surface area (Å²) in [6, 6.07) is 16.7. The highest BCUT2D eigenvalue weighted by Gasteiger charge is 2.20. The molecule has 0 radical (unpaired) electrons. The van der Waals surface area contributed by atoms with Crippen molar-refractivity contribution in [2.24, 2.45) is 0 Å². The normalized spacial score (nSPS) is 10.9. The lowest BCUT2D eigenvalue weighted by Crippen LogP contribution is -2.16. The summed E-state index contributed by atoms with van der Waals surface area (Å²) < 4.78 is 56.2. The van der Waals surface area contributed by atoms with E-state index in [2.05, 4.69) is 15.5 Å². The third-order valence-corrected chi connectivity index (χ3v) is 5.33. The molecule has 1 N–H and O–H groups in total. The van der Waals surface area contributed by atoms with Crippen LogP contribution < -0.4 is 5.32 Å². The summed E-state index contributed by atoms with van der Waals surface area (Å²) in [6.07, 6.45) is 0. The van der Waals surface area contributed by atoms with Gasteiger partial charge in [-0.2, -0.15) is 0 Å². The number of nitrogens with zero attached hydrogens (tertiary/aromatic N) is 3. The second kappa shape index (κ2) is 9.23. The van der Waals surface area contributed by atoms with E-state index in [0.717, 1.165) is 17.8 Å². The third-order valence-electron chi connectivity index (χ3n) is 4.40. The van der Waals surface area contributed by atoms with Gasteiger partial charge in [0.15, 0.2) is 28.4 Å². The molecule has 0 aliphatic heterocycles. The maximum Gasteiger partial charge on any atom is 0.234 e. The van der Waals surface area contributed by atoms with Gasteiger partial charge in [0.2, 0.25) is 5.91 Å². The second-order valence-electron chi connectivity index (χ2n) is 6.52. The lowest BCUT2D eigenvalue weighted by atomic mass is 10.2. The van der Waals surface area contributed by atoms with Crippen LogP contribution in [0.3, 0.4) is 0 Å². The predicted octanol–water partition coefficient (Wildman–Crippen LogP) is 5.22. The van der Waals surface area contributed by atoms with Gasteiger partial charge in [-0.3, -0.25) is 9.36 Å². The van der Waals surface area contributed by atoms with E-state index in [1.165, 1.54) is 6.07 Å². The van der Waals surface area contributed by atoms with E-state index >= 15 is 0 Å². The summed E-state index contributed by atoms with van der Waals surface area (Å²) in [4.78, 5) is 12.3. The van der Waals surface area contributed by atoms with Crippen molar-refractivity contribution in [2.45, 2.75) is 5.16 Å². The average Bonchev–Trinajstić information content (AvgIpc) is 3.23. The molecule has 1 heterocycles. The Kier molecular flexibility index (Phi) is 6.22. The Hall–Kier alpha value is -3.66. The van der Waals surface area contributed by atoms with Gasteiger partial charge in [0.05, 0.1) is 17.0 Å². The Morgan fingerprint density at radius 2 is 1.56 bits per heavy atom. The molecule has 4 aromatic rings. The zero-order chi connectivity index (χ0) is 22.7. The molecule has 4 rings (SSSR count). The van der Waals surface area contributed by atoms with Gasteiger partial charge < -0.3 is 5.32 Å².